The molecule has 0 spiro atoms. The Kier molecular flexibility index (Phi) is 6.97. The van der Waals surface area contributed by atoms with Crippen LogP contribution in [0.3, 0.4) is 0 Å². The third-order valence-corrected chi connectivity index (χ3v) is 2.57. The molecule has 0 saturated heterocycles. The zero-order valence-corrected chi connectivity index (χ0v) is 12.0. The van der Waals surface area contributed by atoms with Gasteiger partial charge < -0.3 is 15.4 Å². The first kappa shape index (κ1) is 15.5. The van der Waals surface area contributed by atoms with Gasteiger partial charge in [-0.3, -0.25) is 4.79 Å². The highest BCUT2D eigenvalue weighted by atomic mass is 16.5. The molecule has 0 bridgehead atoms. The molecule has 0 aliphatic heterocycles. The lowest BCUT2D eigenvalue weighted by Crippen LogP contribution is -2.26. The largest absolute Gasteiger partial charge is 0.382 e. The molecular formula is C15H24N2O2. The quantitative estimate of drug-likeness (QED) is 0.710. The molecule has 1 aromatic rings. The third-order valence-electron chi connectivity index (χ3n) is 2.57. The van der Waals surface area contributed by atoms with Gasteiger partial charge in [-0.1, -0.05) is 12.1 Å². The van der Waals surface area contributed by atoms with Crippen molar-refractivity contribution in [3.05, 3.63) is 29.8 Å². The molecular weight excluding hydrogens is 240 g/mol. The van der Waals surface area contributed by atoms with Crippen LogP contribution in [0.2, 0.25) is 0 Å². The Morgan fingerprint density at radius 2 is 2.05 bits per heavy atom. The van der Waals surface area contributed by atoms with E-state index in [1.807, 2.05) is 31.2 Å². The number of anilines is 1. The van der Waals surface area contributed by atoms with E-state index < -0.39 is 0 Å². The summed E-state index contributed by atoms with van der Waals surface area (Å²) in [5.74, 6) is -0.0414. The van der Waals surface area contributed by atoms with Crippen LogP contribution < -0.4 is 10.6 Å². The van der Waals surface area contributed by atoms with Gasteiger partial charge in [0.25, 0.3) is 5.91 Å². The molecule has 4 nitrogen and oxygen atoms in total. The normalized spacial score (nSPS) is 10.5. The van der Waals surface area contributed by atoms with Crippen molar-refractivity contribution in [3.63, 3.8) is 0 Å². The summed E-state index contributed by atoms with van der Waals surface area (Å²) in [5.41, 5.74) is 1.56. The van der Waals surface area contributed by atoms with Crippen LogP contribution in [0.15, 0.2) is 24.3 Å². The van der Waals surface area contributed by atoms with Gasteiger partial charge in [0.1, 0.15) is 0 Å². The topological polar surface area (TPSA) is 50.4 Å². The number of carbonyl (C=O) groups excluding carboxylic acids is 1. The number of ether oxygens (including phenoxy) is 1. The van der Waals surface area contributed by atoms with Crippen molar-refractivity contribution in [2.24, 2.45) is 0 Å². The molecule has 0 heterocycles. The average Bonchev–Trinajstić information content (AvgIpc) is 2.38. The van der Waals surface area contributed by atoms with Crippen molar-refractivity contribution in [1.82, 2.24) is 5.32 Å². The fourth-order valence-corrected chi connectivity index (χ4v) is 1.73. The molecule has 0 aliphatic rings. The molecule has 0 aromatic heterocycles. The molecule has 1 amide bonds. The summed E-state index contributed by atoms with van der Waals surface area (Å²) in [6.07, 6.45) is 0.833. The molecule has 0 saturated carbocycles. The molecule has 4 heteroatoms. The van der Waals surface area contributed by atoms with Crippen molar-refractivity contribution < 1.29 is 9.53 Å². The SMILES string of the molecule is CCOCCCNC(=O)c1ccccc1NC(C)C. The van der Waals surface area contributed by atoms with Gasteiger partial charge >= 0.3 is 0 Å². The van der Waals surface area contributed by atoms with E-state index in [1.165, 1.54) is 0 Å². The lowest BCUT2D eigenvalue weighted by atomic mass is 10.1. The van der Waals surface area contributed by atoms with Crippen LogP contribution in [0.4, 0.5) is 5.69 Å². The maximum Gasteiger partial charge on any atom is 0.253 e. The number of amides is 1. The summed E-state index contributed by atoms with van der Waals surface area (Å²) in [5, 5.41) is 6.19. The van der Waals surface area contributed by atoms with Crippen LogP contribution in [0.1, 0.15) is 37.6 Å². The molecule has 0 unspecified atom stereocenters. The van der Waals surface area contributed by atoms with E-state index in [9.17, 15) is 4.79 Å². The average molecular weight is 264 g/mol. The van der Waals surface area contributed by atoms with Gasteiger partial charge in [0.05, 0.1) is 5.56 Å². The molecule has 19 heavy (non-hydrogen) atoms. The first-order chi connectivity index (χ1) is 9.15. The molecule has 106 valence electrons. The van der Waals surface area contributed by atoms with Gasteiger partial charge in [-0.15, -0.1) is 0 Å². The number of hydrogen-bond donors (Lipinski definition) is 2. The van der Waals surface area contributed by atoms with Crippen LogP contribution in [0.5, 0.6) is 0 Å². The fourth-order valence-electron chi connectivity index (χ4n) is 1.73. The van der Waals surface area contributed by atoms with Crippen LogP contribution in [0.25, 0.3) is 0 Å². The summed E-state index contributed by atoms with van der Waals surface area (Å²) in [4.78, 5) is 12.1. The summed E-state index contributed by atoms with van der Waals surface area (Å²) in [6, 6.07) is 7.86. The lowest BCUT2D eigenvalue weighted by molar-refractivity contribution is 0.0945. The number of rotatable bonds is 8. The van der Waals surface area contributed by atoms with Crippen molar-refractivity contribution in [2.45, 2.75) is 33.2 Å². The Labute approximate surface area is 115 Å². The number of carbonyl (C=O) groups is 1. The molecule has 2 N–H and O–H groups in total. The second-order valence-corrected chi connectivity index (χ2v) is 4.65. The van der Waals surface area contributed by atoms with Gasteiger partial charge in [0, 0.05) is 31.5 Å². The van der Waals surface area contributed by atoms with Crippen LogP contribution in [-0.2, 0) is 4.74 Å². The zero-order chi connectivity index (χ0) is 14.1. The van der Waals surface area contributed by atoms with E-state index in [2.05, 4.69) is 24.5 Å². The van der Waals surface area contributed by atoms with Crippen molar-refractivity contribution in [2.75, 3.05) is 25.1 Å². The van der Waals surface area contributed by atoms with Gasteiger partial charge in [0.2, 0.25) is 0 Å². The molecule has 1 aromatic carbocycles. The molecule has 0 radical (unpaired) electrons. The van der Waals surface area contributed by atoms with Gasteiger partial charge in [-0.05, 0) is 39.3 Å². The molecule has 0 aliphatic carbocycles. The predicted molar refractivity (Wildman–Crippen MR) is 78.6 cm³/mol. The number of para-hydroxylation sites is 1. The highest BCUT2D eigenvalue weighted by Gasteiger charge is 2.10. The van der Waals surface area contributed by atoms with E-state index >= 15 is 0 Å². The van der Waals surface area contributed by atoms with E-state index in [4.69, 9.17) is 4.74 Å². The number of nitrogens with one attached hydrogen (secondary N) is 2. The Hall–Kier alpha value is -1.55. The van der Waals surface area contributed by atoms with Crippen LogP contribution in [0, 0.1) is 0 Å². The summed E-state index contributed by atoms with van der Waals surface area (Å²) >= 11 is 0. The minimum atomic E-state index is -0.0414. The van der Waals surface area contributed by atoms with E-state index in [0.717, 1.165) is 18.7 Å². The Morgan fingerprint density at radius 3 is 2.74 bits per heavy atom. The van der Waals surface area contributed by atoms with E-state index in [0.29, 0.717) is 24.8 Å². The maximum atomic E-state index is 12.1. The first-order valence-electron chi connectivity index (χ1n) is 6.86. The third kappa shape index (κ3) is 5.75. The van der Waals surface area contributed by atoms with Gasteiger partial charge in [-0.25, -0.2) is 0 Å². The van der Waals surface area contributed by atoms with E-state index in [-0.39, 0.29) is 5.91 Å². The molecule has 0 fully saturated rings. The highest BCUT2D eigenvalue weighted by Crippen LogP contribution is 2.15. The lowest BCUT2D eigenvalue weighted by Gasteiger charge is -2.14. The van der Waals surface area contributed by atoms with E-state index in [1.54, 1.807) is 0 Å². The van der Waals surface area contributed by atoms with Gasteiger partial charge in [-0.2, -0.15) is 0 Å². The second kappa shape index (κ2) is 8.53. The summed E-state index contributed by atoms with van der Waals surface area (Å²) in [6.45, 7) is 8.10. The van der Waals surface area contributed by atoms with Crippen molar-refractivity contribution >= 4 is 11.6 Å². The second-order valence-electron chi connectivity index (χ2n) is 4.65. The smallest absolute Gasteiger partial charge is 0.253 e. The fraction of sp³-hybridized carbons (Fsp3) is 0.533. The Balaban J connectivity index is 2.51. The monoisotopic (exact) mass is 264 g/mol. The maximum absolute atomic E-state index is 12.1. The number of benzene rings is 1. The van der Waals surface area contributed by atoms with Crippen LogP contribution in [-0.4, -0.2) is 31.7 Å². The molecule has 1 rings (SSSR count). The van der Waals surface area contributed by atoms with Crippen LogP contribution >= 0.6 is 0 Å². The van der Waals surface area contributed by atoms with Gasteiger partial charge in [0.15, 0.2) is 0 Å². The Bertz CT molecular complexity index is 391. The summed E-state index contributed by atoms with van der Waals surface area (Å²) in [7, 11) is 0. The minimum Gasteiger partial charge on any atom is -0.382 e. The predicted octanol–water partition coefficient (Wildman–Crippen LogP) is 2.66. The highest BCUT2D eigenvalue weighted by molar-refractivity contribution is 5.99. The number of hydrogen-bond acceptors (Lipinski definition) is 3. The minimum absolute atomic E-state index is 0.0414. The standard InChI is InChI=1S/C15H24N2O2/c1-4-19-11-7-10-16-15(18)13-8-5-6-9-14(13)17-12(2)3/h5-6,8-9,12,17H,4,7,10-11H2,1-3H3,(H,16,18). The molecule has 0 atom stereocenters. The van der Waals surface area contributed by atoms with Crippen molar-refractivity contribution in [1.29, 1.82) is 0 Å². The first-order valence-corrected chi connectivity index (χ1v) is 6.86. The van der Waals surface area contributed by atoms with Crippen molar-refractivity contribution in [3.8, 4) is 0 Å². The Morgan fingerprint density at radius 1 is 1.32 bits per heavy atom. The zero-order valence-electron chi connectivity index (χ0n) is 12.0. The summed E-state index contributed by atoms with van der Waals surface area (Å²) < 4.78 is 5.23.